The van der Waals surface area contributed by atoms with Crippen molar-refractivity contribution < 1.29 is 14.6 Å². The summed E-state index contributed by atoms with van der Waals surface area (Å²) in [6, 6.07) is 6.31. The van der Waals surface area contributed by atoms with Gasteiger partial charge in [-0.2, -0.15) is 0 Å². The van der Waals surface area contributed by atoms with Gasteiger partial charge in [-0.15, -0.1) is 0 Å². The van der Waals surface area contributed by atoms with Gasteiger partial charge >= 0.3 is 0 Å². The predicted octanol–water partition coefficient (Wildman–Crippen LogP) is 4.73. The highest BCUT2D eigenvalue weighted by atomic mass is 16.5. The molecule has 0 aliphatic carbocycles. The highest BCUT2D eigenvalue weighted by molar-refractivity contribution is 5.62. The highest BCUT2D eigenvalue weighted by Gasteiger charge is 2.31. The summed E-state index contributed by atoms with van der Waals surface area (Å²) in [6.07, 6.45) is 0.711. The molecule has 0 saturated heterocycles. The number of ether oxygens (including phenoxy) is 2. The van der Waals surface area contributed by atoms with Crippen LogP contribution in [0.15, 0.2) is 18.2 Å². The lowest BCUT2D eigenvalue weighted by atomic mass is 10.0. The first kappa shape index (κ1) is 19.6. The molecule has 1 aromatic carbocycles. The summed E-state index contributed by atoms with van der Waals surface area (Å²) < 4.78 is 12.4. The maximum Gasteiger partial charge on any atom is 0.227 e. The number of aliphatic hydroxyl groups is 1. The number of nitrogens with zero attached hydrogens (tertiary/aromatic N) is 2. The van der Waals surface area contributed by atoms with Crippen LogP contribution in [-0.2, 0) is 4.74 Å². The molecule has 0 fully saturated rings. The Morgan fingerprint density at radius 3 is 2.48 bits per heavy atom. The van der Waals surface area contributed by atoms with Crippen LogP contribution in [0, 0.1) is 27.7 Å². The highest BCUT2D eigenvalue weighted by Crippen LogP contribution is 2.42. The Bertz CT molecular complexity index is 808. The number of hydrogen-bond donors (Lipinski definition) is 1. The van der Waals surface area contributed by atoms with Crippen molar-refractivity contribution in [1.82, 2.24) is 4.98 Å². The van der Waals surface area contributed by atoms with E-state index in [0.717, 1.165) is 40.2 Å². The van der Waals surface area contributed by atoms with Crippen molar-refractivity contribution in [2.24, 2.45) is 0 Å². The molecule has 5 heteroatoms. The lowest BCUT2D eigenvalue weighted by molar-refractivity contribution is 0.0451. The van der Waals surface area contributed by atoms with Gasteiger partial charge in [-0.3, -0.25) is 0 Å². The third-order valence-electron chi connectivity index (χ3n) is 5.24. The zero-order valence-corrected chi connectivity index (χ0v) is 17.2. The van der Waals surface area contributed by atoms with Gasteiger partial charge in [-0.05, 0) is 58.2 Å². The summed E-state index contributed by atoms with van der Waals surface area (Å²) in [5.41, 5.74) is 6.27. The molecule has 1 N–H and O–H groups in total. The number of pyridine rings is 1. The normalized spacial score (nSPS) is 17.6. The van der Waals surface area contributed by atoms with Gasteiger partial charge in [0.05, 0.1) is 30.0 Å². The largest absolute Gasteiger partial charge is 0.438 e. The molecule has 1 aliphatic heterocycles. The summed E-state index contributed by atoms with van der Waals surface area (Å²) in [7, 11) is 0. The second-order valence-corrected chi connectivity index (χ2v) is 7.48. The molecule has 1 aromatic heterocycles. The minimum Gasteiger partial charge on any atom is -0.438 e. The molecule has 2 heterocycles. The molecular weight excluding hydrogens is 340 g/mol. The molecule has 0 radical (unpaired) electrons. The average Bonchev–Trinajstić information content (AvgIpc) is 2.60. The van der Waals surface area contributed by atoms with Crippen molar-refractivity contribution >= 4 is 5.69 Å². The summed E-state index contributed by atoms with van der Waals surface area (Å²) in [5.74, 6) is 1.43. The molecule has 2 unspecified atom stereocenters. The zero-order chi connectivity index (χ0) is 19.7. The molecule has 27 heavy (non-hydrogen) atoms. The number of anilines is 1. The molecule has 0 amide bonds. The van der Waals surface area contributed by atoms with Crippen LogP contribution in [0.1, 0.15) is 54.3 Å². The Morgan fingerprint density at radius 2 is 1.89 bits per heavy atom. The van der Waals surface area contributed by atoms with E-state index >= 15 is 0 Å². The lowest BCUT2D eigenvalue weighted by Gasteiger charge is -2.39. The number of aliphatic hydroxyl groups excluding tert-OH is 1. The molecule has 2 aromatic rings. The van der Waals surface area contributed by atoms with Crippen molar-refractivity contribution in [2.45, 2.75) is 60.1 Å². The van der Waals surface area contributed by atoms with Crippen molar-refractivity contribution in [3.05, 3.63) is 46.1 Å². The molecule has 0 bridgehead atoms. The third-order valence-corrected chi connectivity index (χ3v) is 5.24. The number of aryl methyl sites for hydroxylation is 4. The second kappa shape index (κ2) is 7.87. The van der Waals surface area contributed by atoms with Gasteiger partial charge in [0.25, 0.3) is 0 Å². The van der Waals surface area contributed by atoms with Crippen LogP contribution in [-0.4, -0.2) is 29.5 Å². The Labute approximate surface area is 161 Å². The van der Waals surface area contributed by atoms with E-state index in [1.807, 2.05) is 13.8 Å². The smallest absolute Gasteiger partial charge is 0.227 e. The topological polar surface area (TPSA) is 54.8 Å². The maximum absolute atomic E-state index is 9.80. The molecule has 3 rings (SSSR count). The number of benzene rings is 1. The maximum atomic E-state index is 9.80. The summed E-state index contributed by atoms with van der Waals surface area (Å²) in [4.78, 5) is 6.81. The van der Waals surface area contributed by atoms with E-state index in [0.29, 0.717) is 12.6 Å². The van der Waals surface area contributed by atoms with Crippen LogP contribution in [0.4, 0.5) is 5.69 Å². The van der Waals surface area contributed by atoms with Crippen LogP contribution in [0.2, 0.25) is 0 Å². The van der Waals surface area contributed by atoms with E-state index in [-0.39, 0.29) is 18.8 Å². The first-order valence-electron chi connectivity index (χ1n) is 9.62. The predicted molar refractivity (Wildman–Crippen MR) is 108 cm³/mol. The third kappa shape index (κ3) is 3.80. The number of hydrogen-bond acceptors (Lipinski definition) is 5. The lowest BCUT2D eigenvalue weighted by Crippen LogP contribution is -2.42. The van der Waals surface area contributed by atoms with Crippen molar-refractivity contribution in [3.63, 3.8) is 0 Å². The van der Waals surface area contributed by atoms with Crippen LogP contribution in [0.3, 0.4) is 0 Å². The van der Waals surface area contributed by atoms with E-state index in [9.17, 15) is 5.11 Å². The Morgan fingerprint density at radius 1 is 1.22 bits per heavy atom. The molecule has 5 nitrogen and oxygen atoms in total. The Hall–Kier alpha value is -2.11. The molecule has 1 aliphatic rings. The summed E-state index contributed by atoms with van der Waals surface area (Å²) in [5, 5.41) is 9.80. The molecule has 2 atom stereocenters. The number of aromatic nitrogens is 1. The standard InChI is InChI=1S/C22H30N2O3/c1-7-18(11-25)24-12-26-17(6)20-19(24)10-16(5)23-22(20)27-21-14(3)8-13(2)9-15(21)4/h8-10,17-18,25H,7,11-12H2,1-6H3. The van der Waals surface area contributed by atoms with Crippen molar-refractivity contribution in [2.75, 3.05) is 18.2 Å². The van der Waals surface area contributed by atoms with Gasteiger partial charge < -0.3 is 19.5 Å². The van der Waals surface area contributed by atoms with Gasteiger partial charge in [0.15, 0.2) is 0 Å². The van der Waals surface area contributed by atoms with Gasteiger partial charge in [-0.25, -0.2) is 4.98 Å². The van der Waals surface area contributed by atoms with Gasteiger partial charge in [0.2, 0.25) is 5.88 Å². The quantitative estimate of drug-likeness (QED) is 0.824. The fourth-order valence-corrected chi connectivity index (χ4v) is 3.85. The van der Waals surface area contributed by atoms with Gasteiger partial charge in [0, 0.05) is 5.69 Å². The summed E-state index contributed by atoms with van der Waals surface area (Å²) in [6.45, 7) is 12.8. The van der Waals surface area contributed by atoms with E-state index in [1.165, 1.54) is 5.56 Å². The zero-order valence-electron chi connectivity index (χ0n) is 17.2. The van der Waals surface area contributed by atoms with Crippen molar-refractivity contribution in [3.8, 4) is 11.6 Å². The van der Waals surface area contributed by atoms with Crippen LogP contribution in [0.5, 0.6) is 11.6 Å². The van der Waals surface area contributed by atoms with E-state index < -0.39 is 0 Å². The number of fused-ring (bicyclic) bond motifs is 1. The van der Waals surface area contributed by atoms with Crippen LogP contribution in [0.25, 0.3) is 0 Å². The van der Waals surface area contributed by atoms with Crippen molar-refractivity contribution in [1.29, 1.82) is 0 Å². The van der Waals surface area contributed by atoms with Crippen LogP contribution >= 0.6 is 0 Å². The van der Waals surface area contributed by atoms with E-state index in [1.54, 1.807) is 0 Å². The van der Waals surface area contributed by atoms with E-state index in [2.05, 4.69) is 50.8 Å². The molecule has 0 spiro atoms. The second-order valence-electron chi connectivity index (χ2n) is 7.48. The van der Waals surface area contributed by atoms with E-state index in [4.69, 9.17) is 14.5 Å². The molecule has 146 valence electrons. The average molecular weight is 370 g/mol. The summed E-state index contributed by atoms with van der Waals surface area (Å²) >= 11 is 0. The minimum absolute atomic E-state index is 0.00810. The van der Waals surface area contributed by atoms with Gasteiger partial charge in [-0.1, -0.05) is 24.6 Å². The first-order valence-corrected chi connectivity index (χ1v) is 9.62. The monoisotopic (exact) mass is 370 g/mol. The molecular formula is C22H30N2O3. The fraction of sp³-hybridized carbons (Fsp3) is 0.500. The van der Waals surface area contributed by atoms with Crippen LogP contribution < -0.4 is 9.64 Å². The minimum atomic E-state index is -0.124. The Kier molecular flexibility index (Phi) is 5.72. The molecule has 0 saturated carbocycles. The SMILES string of the molecule is CCC(CO)N1COC(C)c2c1cc(C)nc2Oc1c(C)cc(C)cc1C. The first-order chi connectivity index (χ1) is 12.8. The van der Waals surface area contributed by atoms with Gasteiger partial charge in [0.1, 0.15) is 12.5 Å². The number of rotatable bonds is 5. The Balaban J connectivity index is 2.10. The fourth-order valence-electron chi connectivity index (χ4n) is 3.85.